The number of carbonyl (C=O) groups is 1. The van der Waals surface area contributed by atoms with Crippen molar-refractivity contribution in [1.82, 2.24) is 9.78 Å². The van der Waals surface area contributed by atoms with Gasteiger partial charge in [-0.05, 0) is 20.3 Å². The molecular weight excluding hydrogens is 276 g/mol. The summed E-state index contributed by atoms with van der Waals surface area (Å²) in [6.07, 6.45) is 7.97. The fraction of sp³-hybridized carbons (Fsp3) is 0.353. The van der Waals surface area contributed by atoms with Gasteiger partial charge in [-0.2, -0.15) is 5.10 Å². The minimum Gasteiger partial charge on any atom is -0.383 e. The van der Waals surface area contributed by atoms with E-state index in [0.29, 0.717) is 12.3 Å². The van der Waals surface area contributed by atoms with Crippen LogP contribution in [0.4, 0.5) is 0 Å². The molecule has 1 heterocycles. The molecule has 0 saturated carbocycles. The Hall–Kier alpha value is -2.43. The van der Waals surface area contributed by atoms with Gasteiger partial charge in [-0.25, -0.2) is 4.99 Å². The Morgan fingerprint density at radius 3 is 2.77 bits per heavy atom. The Kier molecular flexibility index (Phi) is 4.17. The first-order chi connectivity index (χ1) is 10.3. The molecule has 1 aromatic heterocycles. The molecule has 2 N–H and O–H groups in total. The highest BCUT2D eigenvalue weighted by Crippen LogP contribution is 2.35. The molecule has 1 aliphatic rings. The van der Waals surface area contributed by atoms with E-state index in [-0.39, 0.29) is 11.2 Å². The Morgan fingerprint density at radius 1 is 1.59 bits per heavy atom. The van der Waals surface area contributed by atoms with Gasteiger partial charge in [-0.1, -0.05) is 31.7 Å². The number of ketones is 1. The molecule has 1 atom stereocenters. The first kappa shape index (κ1) is 15.9. The number of hydrogen-bond acceptors (Lipinski definition) is 3. The molecule has 0 aromatic carbocycles. The van der Waals surface area contributed by atoms with E-state index in [1.807, 2.05) is 32.2 Å². The number of nitrogens with two attached hydrogens (primary N) is 1. The summed E-state index contributed by atoms with van der Waals surface area (Å²) in [6.45, 7) is 9.22. The lowest BCUT2D eigenvalue weighted by Gasteiger charge is -2.27. The second-order valence-corrected chi connectivity index (χ2v) is 5.80. The van der Waals surface area contributed by atoms with E-state index in [4.69, 9.17) is 5.73 Å². The van der Waals surface area contributed by atoms with Gasteiger partial charge in [0.1, 0.15) is 5.84 Å². The summed E-state index contributed by atoms with van der Waals surface area (Å²) in [7, 11) is 1.89. The van der Waals surface area contributed by atoms with Crippen molar-refractivity contribution in [3.8, 4) is 0 Å². The fourth-order valence-corrected chi connectivity index (χ4v) is 2.65. The van der Waals surface area contributed by atoms with Crippen LogP contribution in [0.25, 0.3) is 0 Å². The van der Waals surface area contributed by atoms with Crippen molar-refractivity contribution in [3.05, 3.63) is 53.5 Å². The highest BCUT2D eigenvalue weighted by atomic mass is 16.1. The molecule has 1 unspecified atom stereocenters. The van der Waals surface area contributed by atoms with Crippen molar-refractivity contribution in [2.24, 2.45) is 17.8 Å². The molecule has 0 radical (unpaired) electrons. The first-order valence-corrected chi connectivity index (χ1v) is 7.19. The second kappa shape index (κ2) is 5.75. The predicted octanol–water partition coefficient (Wildman–Crippen LogP) is 2.31. The fourth-order valence-electron chi connectivity index (χ4n) is 2.65. The maximum Gasteiger partial charge on any atom is 0.159 e. The maximum absolute atomic E-state index is 11.5. The van der Waals surface area contributed by atoms with E-state index in [0.717, 1.165) is 22.5 Å². The summed E-state index contributed by atoms with van der Waals surface area (Å²) >= 11 is 0. The number of carbonyl (C=O) groups excluding carboxylic acids is 1. The van der Waals surface area contributed by atoms with Gasteiger partial charge < -0.3 is 5.73 Å². The standard InChI is InChI=1S/C17H22N4O/c1-6-19-16(18)14-11(2)21(5)20-15(14)17(4)9-7-13(8-10-17)12(3)22/h6-9H,1,10H2,2-5H3,(H2,18,19). The highest BCUT2D eigenvalue weighted by molar-refractivity contribution is 6.00. The molecule has 5 heteroatoms. The van der Waals surface area contributed by atoms with Crippen LogP contribution >= 0.6 is 0 Å². The molecule has 0 amide bonds. The normalized spacial score (nSPS) is 21.6. The monoisotopic (exact) mass is 298 g/mol. The number of amidine groups is 1. The van der Waals surface area contributed by atoms with E-state index in [2.05, 4.69) is 23.6 Å². The zero-order chi connectivity index (χ0) is 16.5. The number of allylic oxidation sites excluding steroid dienone is 4. The topological polar surface area (TPSA) is 73.3 Å². The number of rotatable bonds is 4. The first-order valence-electron chi connectivity index (χ1n) is 7.19. The average Bonchev–Trinajstić information content (AvgIpc) is 2.76. The summed E-state index contributed by atoms with van der Waals surface area (Å²) in [6, 6.07) is 0. The van der Waals surface area contributed by atoms with E-state index >= 15 is 0 Å². The third-order valence-corrected chi connectivity index (χ3v) is 4.14. The number of aryl methyl sites for hydroxylation is 1. The minimum absolute atomic E-state index is 0.0726. The van der Waals surface area contributed by atoms with E-state index in [1.54, 1.807) is 11.6 Å². The molecule has 0 fully saturated rings. The summed E-state index contributed by atoms with van der Waals surface area (Å²) in [5.74, 6) is 0.482. The summed E-state index contributed by atoms with van der Waals surface area (Å²) in [5.41, 5.74) is 9.17. The van der Waals surface area contributed by atoms with Crippen molar-refractivity contribution in [2.75, 3.05) is 0 Å². The molecule has 5 nitrogen and oxygen atoms in total. The van der Waals surface area contributed by atoms with Crippen molar-refractivity contribution >= 4 is 11.6 Å². The number of hydrogen-bond donors (Lipinski definition) is 1. The zero-order valence-electron chi connectivity index (χ0n) is 13.6. The lowest BCUT2D eigenvalue weighted by Crippen LogP contribution is -2.26. The molecule has 2 rings (SSSR count). The summed E-state index contributed by atoms with van der Waals surface area (Å²) < 4.78 is 1.80. The number of aromatic nitrogens is 2. The van der Waals surface area contributed by atoms with Gasteiger partial charge in [0.25, 0.3) is 0 Å². The van der Waals surface area contributed by atoms with Crippen LogP contribution in [0.5, 0.6) is 0 Å². The lowest BCUT2D eigenvalue weighted by molar-refractivity contribution is -0.113. The maximum atomic E-state index is 11.5. The average molecular weight is 298 g/mol. The van der Waals surface area contributed by atoms with Gasteiger partial charge in [0, 0.05) is 29.9 Å². The van der Waals surface area contributed by atoms with Gasteiger partial charge in [0.05, 0.1) is 11.3 Å². The molecule has 116 valence electrons. The molecule has 0 aliphatic heterocycles. The third-order valence-electron chi connectivity index (χ3n) is 4.14. The van der Waals surface area contributed by atoms with Crippen molar-refractivity contribution in [1.29, 1.82) is 0 Å². The smallest absolute Gasteiger partial charge is 0.159 e. The molecule has 1 aliphatic carbocycles. The van der Waals surface area contributed by atoms with Crippen LogP contribution < -0.4 is 5.73 Å². The summed E-state index contributed by atoms with van der Waals surface area (Å²) in [5, 5.41) is 4.63. The van der Waals surface area contributed by atoms with Gasteiger partial charge in [0.2, 0.25) is 0 Å². The minimum atomic E-state index is -0.318. The molecule has 0 saturated heterocycles. The van der Waals surface area contributed by atoms with Gasteiger partial charge in [-0.15, -0.1) is 0 Å². The largest absolute Gasteiger partial charge is 0.383 e. The Morgan fingerprint density at radius 2 is 2.27 bits per heavy atom. The van der Waals surface area contributed by atoms with Crippen LogP contribution in [-0.2, 0) is 17.3 Å². The quantitative estimate of drug-likeness (QED) is 0.685. The van der Waals surface area contributed by atoms with Crippen LogP contribution in [-0.4, -0.2) is 21.4 Å². The number of nitrogens with zero attached hydrogens (tertiary/aromatic N) is 3. The summed E-state index contributed by atoms with van der Waals surface area (Å²) in [4.78, 5) is 15.6. The SMILES string of the molecule is C=CN=C(N)c1c(C2(C)C=CC(C(C)=O)=CC2)nn(C)c1C. The van der Waals surface area contributed by atoms with Gasteiger partial charge in [0.15, 0.2) is 5.78 Å². The molecule has 0 bridgehead atoms. The van der Waals surface area contributed by atoms with Gasteiger partial charge in [-0.3, -0.25) is 9.48 Å². The van der Waals surface area contributed by atoms with E-state index < -0.39 is 0 Å². The van der Waals surface area contributed by atoms with Crippen LogP contribution in [0.15, 0.2) is 41.6 Å². The van der Waals surface area contributed by atoms with Gasteiger partial charge >= 0.3 is 0 Å². The van der Waals surface area contributed by atoms with Crippen molar-refractivity contribution in [2.45, 2.75) is 32.6 Å². The zero-order valence-corrected chi connectivity index (χ0v) is 13.6. The number of aliphatic imine (C=N–C) groups is 1. The predicted molar refractivity (Wildman–Crippen MR) is 88.7 cm³/mol. The molecule has 22 heavy (non-hydrogen) atoms. The third kappa shape index (κ3) is 2.66. The van der Waals surface area contributed by atoms with Crippen LogP contribution in [0.2, 0.25) is 0 Å². The highest BCUT2D eigenvalue weighted by Gasteiger charge is 2.33. The van der Waals surface area contributed by atoms with Crippen LogP contribution in [0, 0.1) is 6.92 Å². The van der Waals surface area contributed by atoms with E-state index in [9.17, 15) is 4.79 Å². The Balaban J connectivity index is 2.53. The lowest BCUT2D eigenvalue weighted by atomic mass is 9.77. The van der Waals surface area contributed by atoms with Crippen LogP contribution in [0.3, 0.4) is 0 Å². The number of Topliss-reactive ketones (excluding diaryl/α,β-unsaturated/α-hetero) is 1. The van der Waals surface area contributed by atoms with Crippen molar-refractivity contribution < 1.29 is 4.79 Å². The van der Waals surface area contributed by atoms with Crippen molar-refractivity contribution in [3.63, 3.8) is 0 Å². The Bertz CT molecular complexity index is 721. The second-order valence-electron chi connectivity index (χ2n) is 5.80. The molecule has 1 aromatic rings. The molecule has 0 spiro atoms. The molecular formula is C17H22N4O. The van der Waals surface area contributed by atoms with E-state index in [1.165, 1.54) is 6.20 Å². The van der Waals surface area contributed by atoms with Crippen LogP contribution in [0.1, 0.15) is 37.2 Å². The Labute approximate surface area is 130 Å².